The summed E-state index contributed by atoms with van der Waals surface area (Å²) in [6, 6.07) is 0. The Balaban J connectivity index is 3.05. The van der Waals surface area contributed by atoms with Crippen LogP contribution in [0.4, 0.5) is 0 Å². The molecule has 0 heterocycles. The second kappa shape index (κ2) is 13.5. The monoisotopic (exact) mass is 242 g/mol. The molecule has 102 valence electrons. The summed E-state index contributed by atoms with van der Waals surface area (Å²) in [5, 5.41) is 2.93. The van der Waals surface area contributed by atoms with E-state index >= 15 is 0 Å². The Labute approximate surface area is 107 Å². The highest BCUT2D eigenvalue weighted by Crippen LogP contribution is 2.07. The van der Waals surface area contributed by atoms with Gasteiger partial charge in [-0.2, -0.15) is 0 Å². The van der Waals surface area contributed by atoms with Crippen LogP contribution in [0.2, 0.25) is 0 Å². The lowest BCUT2D eigenvalue weighted by molar-refractivity contribution is -0.121. The lowest BCUT2D eigenvalue weighted by Crippen LogP contribution is -2.24. The van der Waals surface area contributed by atoms with Gasteiger partial charge in [-0.15, -0.1) is 0 Å². The quantitative estimate of drug-likeness (QED) is 0.517. The topological polar surface area (TPSA) is 55.1 Å². The van der Waals surface area contributed by atoms with E-state index in [0.717, 1.165) is 19.4 Å². The third kappa shape index (κ3) is 13.4. The van der Waals surface area contributed by atoms with Gasteiger partial charge in [0.15, 0.2) is 0 Å². The van der Waals surface area contributed by atoms with Crippen molar-refractivity contribution in [2.24, 2.45) is 5.73 Å². The fraction of sp³-hybridized carbons (Fsp3) is 0.929. The van der Waals surface area contributed by atoms with Crippen molar-refractivity contribution in [3.05, 3.63) is 0 Å². The predicted octanol–water partition coefficient (Wildman–Crippen LogP) is 2.98. The van der Waals surface area contributed by atoms with Crippen molar-refractivity contribution in [2.45, 2.75) is 71.1 Å². The van der Waals surface area contributed by atoms with Gasteiger partial charge in [-0.25, -0.2) is 0 Å². The number of nitrogens with one attached hydrogen (secondary N) is 1. The summed E-state index contributed by atoms with van der Waals surface area (Å²) >= 11 is 0. The Morgan fingerprint density at radius 2 is 1.53 bits per heavy atom. The first kappa shape index (κ1) is 16.4. The van der Waals surface area contributed by atoms with Crippen LogP contribution < -0.4 is 11.1 Å². The molecule has 1 amide bonds. The van der Waals surface area contributed by atoms with Crippen LogP contribution in [0.3, 0.4) is 0 Å². The molecule has 0 saturated carbocycles. The minimum Gasteiger partial charge on any atom is -0.356 e. The first-order chi connectivity index (χ1) is 8.31. The van der Waals surface area contributed by atoms with Gasteiger partial charge in [0.05, 0.1) is 0 Å². The van der Waals surface area contributed by atoms with Gasteiger partial charge >= 0.3 is 0 Å². The van der Waals surface area contributed by atoms with E-state index in [1.807, 2.05) is 0 Å². The van der Waals surface area contributed by atoms with Crippen LogP contribution >= 0.6 is 0 Å². The van der Waals surface area contributed by atoms with Gasteiger partial charge in [-0.3, -0.25) is 4.79 Å². The molecule has 3 heteroatoms. The predicted molar refractivity (Wildman–Crippen MR) is 73.9 cm³/mol. The summed E-state index contributed by atoms with van der Waals surface area (Å²) in [7, 11) is 0. The van der Waals surface area contributed by atoms with Gasteiger partial charge in [0.2, 0.25) is 5.91 Å². The zero-order valence-electron chi connectivity index (χ0n) is 11.5. The number of unbranched alkanes of at least 4 members (excludes halogenated alkanes) is 7. The van der Waals surface area contributed by atoms with Crippen LogP contribution in [0, 0.1) is 0 Å². The lowest BCUT2D eigenvalue weighted by atomic mass is 10.1. The Kier molecular flexibility index (Phi) is 13.0. The lowest BCUT2D eigenvalue weighted by Gasteiger charge is -2.04. The smallest absolute Gasteiger partial charge is 0.220 e. The standard InChI is InChI=1S/C14H30N2O/c1-2-3-4-5-6-7-8-9-13-16-14(17)11-10-12-15/h2-13,15H2,1H3,(H,16,17). The van der Waals surface area contributed by atoms with Gasteiger partial charge in [0.1, 0.15) is 0 Å². The van der Waals surface area contributed by atoms with Crippen LogP contribution in [0.15, 0.2) is 0 Å². The zero-order chi connectivity index (χ0) is 12.8. The van der Waals surface area contributed by atoms with Crippen molar-refractivity contribution in [3.63, 3.8) is 0 Å². The van der Waals surface area contributed by atoms with E-state index in [-0.39, 0.29) is 5.91 Å². The van der Waals surface area contributed by atoms with E-state index in [1.54, 1.807) is 0 Å². The van der Waals surface area contributed by atoms with Gasteiger partial charge in [0.25, 0.3) is 0 Å². The molecule has 0 unspecified atom stereocenters. The highest BCUT2D eigenvalue weighted by molar-refractivity contribution is 5.75. The fourth-order valence-electron chi connectivity index (χ4n) is 1.84. The number of hydrogen-bond donors (Lipinski definition) is 2. The van der Waals surface area contributed by atoms with Crippen LogP contribution in [-0.4, -0.2) is 19.0 Å². The van der Waals surface area contributed by atoms with Gasteiger partial charge < -0.3 is 11.1 Å². The Hall–Kier alpha value is -0.570. The maximum Gasteiger partial charge on any atom is 0.220 e. The Morgan fingerprint density at radius 3 is 2.12 bits per heavy atom. The summed E-state index contributed by atoms with van der Waals surface area (Å²) in [6.45, 7) is 3.68. The molecule has 0 radical (unpaired) electrons. The second-order valence-electron chi connectivity index (χ2n) is 4.72. The molecule has 0 aromatic carbocycles. The van der Waals surface area contributed by atoms with Crippen molar-refractivity contribution in [1.29, 1.82) is 0 Å². The minimum absolute atomic E-state index is 0.151. The van der Waals surface area contributed by atoms with Crippen molar-refractivity contribution in [2.75, 3.05) is 13.1 Å². The maximum absolute atomic E-state index is 11.2. The van der Waals surface area contributed by atoms with Crippen LogP contribution in [-0.2, 0) is 4.79 Å². The molecule has 0 saturated heterocycles. The Bertz CT molecular complexity index is 172. The van der Waals surface area contributed by atoms with E-state index < -0.39 is 0 Å². The van der Waals surface area contributed by atoms with E-state index in [2.05, 4.69) is 12.2 Å². The molecule has 0 bridgehead atoms. The molecule has 0 aliphatic rings. The number of carbonyl (C=O) groups excluding carboxylic acids is 1. The Morgan fingerprint density at radius 1 is 0.941 bits per heavy atom. The van der Waals surface area contributed by atoms with E-state index in [1.165, 1.54) is 44.9 Å². The molecule has 0 aromatic heterocycles. The highest BCUT2D eigenvalue weighted by atomic mass is 16.1. The summed E-state index contributed by atoms with van der Waals surface area (Å²) in [4.78, 5) is 11.2. The van der Waals surface area contributed by atoms with E-state index in [0.29, 0.717) is 13.0 Å². The maximum atomic E-state index is 11.2. The van der Waals surface area contributed by atoms with Crippen molar-refractivity contribution in [3.8, 4) is 0 Å². The van der Waals surface area contributed by atoms with Crippen LogP contribution in [0.5, 0.6) is 0 Å². The molecule has 0 fully saturated rings. The summed E-state index contributed by atoms with van der Waals surface area (Å²) in [6.07, 6.45) is 11.8. The molecule has 3 N–H and O–H groups in total. The van der Waals surface area contributed by atoms with Crippen molar-refractivity contribution < 1.29 is 4.79 Å². The number of carbonyl (C=O) groups is 1. The molecular weight excluding hydrogens is 212 g/mol. The first-order valence-corrected chi connectivity index (χ1v) is 7.28. The van der Waals surface area contributed by atoms with Crippen LogP contribution in [0.25, 0.3) is 0 Å². The minimum atomic E-state index is 0.151. The van der Waals surface area contributed by atoms with Crippen molar-refractivity contribution >= 4 is 5.91 Å². The number of hydrogen-bond acceptors (Lipinski definition) is 2. The first-order valence-electron chi connectivity index (χ1n) is 7.28. The van der Waals surface area contributed by atoms with Crippen LogP contribution in [0.1, 0.15) is 71.1 Å². The number of amides is 1. The number of rotatable bonds is 12. The molecule has 3 nitrogen and oxygen atoms in total. The highest BCUT2D eigenvalue weighted by Gasteiger charge is 1.98. The van der Waals surface area contributed by atoms with Gasteiger partial charge in [0, 0.05) is 13.0 Å². The van der Waals surface area contributed by atoms with Gasteiger partial charge in [-0.1, -0.05) is 51.9 Å². The second-order valence-corrected chi connectivity index (χ2v) is 4.72. The normalized spacial score (nSPS) is 10.5. The molecular formula is C14H30N2O. The average Bonchev–Trinajstić information content (AvgIpc) is 2.34. The summed E-state index contributed by atoms with van der Waals surface area (Å²) < 4.78 is 0. The largest absolute Gasteiger partial charge is 0.356 e. The molecule has 0 rings (SSSR count). The molecule has 0 atom stereocenters. The molecule has 0 aliphatic carbocycles. The molecule has 0 aliphatic heterocycles. The third-order valence-electron chi connectivity index (χ3n) is 2.96. The average molecular weight is 242 g/mol. The number of nitrogens with two attached hydrogens (primary N) is 1. The van der Waals surface area contributed by atoms with Crippen molar-refractivity contribution in [1.82, 2.24) is 5.32 Å². The molecule has 0 aromatic rings. The fourth-order valence-corrected chi connectivity index (χ4v) is 1.84. The van der Waals surface area contributed by atoms with E-state index in [9.17, 15) is 4.79 Å². The van der Waals surface area contributed by atoms with Gasteiger partial charge in [-0.05, 0) is 19.4 Å². The zero-order valence-corrected chi connectivity index (χ0v) is 11.5. The van der Waals surface area contributed by atoms with E-state index in [4.69, 9.17) is 5.73 Å². The SMILES string of the molecule is CCCCCCCCCCNC(=O)CCCN. The third-order valence-corrected chi connectivity index (χ3v) is 2.96. The summed E-state index contributed by atoms with van der Waals surface area (Å²) in [5.74, 6) is 0.151. The molecule has 0 spiro atoms. The summed E-state index contributed by atoms with van der Waals surface area (Å²) in [5.41, 5.74) is 5.34. The molecule has 17 heavy (non-hydrogen) atoms.